The number of hydrogen-bond acceptors (Lipinski definition) is 6. The first kappa shape index (κ1) is 58.2. The van der Waals surface area contributed by atoms with E-state index in [2.05, 4.69) is 123 Å². The fourth-order valence-corrected chi connectivity index (χ4v) is 6.43. The van der Waals surface area contributed by atoms with Gasteiger partial charge in [-0.25, -0.2) is 4.57 Å². The summed E-state index contributed by atoms with van der Waals surface area (Å²) in [5, 5.41) is 0. The van der Waals surface area contributed by atoms with Crippen LogP contribution in [0.5, 0.6) is 0 Å². The number of nitrogens with zero attached hydrogens (tertiary/aromatic N) is 1. The van der Waals surface area contributed by atoms with Gasteiger partial charge < -0.3 is 18.9 Å². The molecule has 0 aromatic heterocycles. The standard InChI is InChI=1S/C52H88NO7P/c1-6-8-10-12-14-16-18-20-22-24-25-26-27-28-29-30-31-33-35-37-39-41-43-45-52(54)60-51(50-59-61(55,56)58-48-46-53(3,4)5)49-57-47-44-42-40-38-36-34-32-23-21-19-17-15-13-11-9-7-2/h8,10,14-17,20-23,25-26,28-29,31,33,37,39,51H,6-7,9,11-13,18-19,24,27,30,32,34-36,38,40-50H2,1-5H3/p+1/b10-8-,16-14-,17-15-,22-20-,23-21-,26-25-,29-28-,33-31-,39-37-. The van der Waals surface area contributed by atoms with Crippen LogP contribution in [-0.4, -0.2) is 75.6 Å². The van der Waals surface area contributed by atoms with Crippen molar-refractivity contribution in [2.45, 2.75) is 161 Å². The molecular formula is C52H89NO7P+. The number of likely N-dealkylation sites (N-methyl/N-ethyl adjacent to an activating group) is 1. The van der Waals surface area contributed by atoms with E-state index in [1.54, 1.807) is 0 Å². The SMILES string of the molecule is CC/C=C\C/C=C\C/C=C\C/C=C\C/C=C\C/C=C\C/C=C\CCCC(=O)OC(COCCCCCCCC/C=C\C/C=C\CCCCC)COP(=O)(O)OCC[N+](C)(C)C. The molecule has 348 valence electrons. The normalized spacial score (nSPS) is 14.7. The molecule has 0 aliphatic rings. The van der Waals surface area contributed by atoms with E-state index in [1.165, 1.54) is 44.9 Å². The number of phosphoric acid groups is 1. The largest absolute Gasteiger partial charge is 0.472 e. The zero-order valence-corrected chi connectivity index (χ0v) is 40.2. The van der Waals surface area contributed by atoms with Crippen LogP contribution in [0.2, 0.25) is 0 Å². The molecule has 0 aromatic carbocycles. The number of ether oxygens (including phenoxy) is 2. The van der Waals surface area contributed by atoms with Crippen LogP contribution in [0.4, 0.5) is 0 Å². The number of allylic oxidation sites excluding steroid dienone is 18. The highest BCUT2D eigenvalue weighted by molar-refractivity contribution is 7.47. The highest BCUT2D eigenvalue weighted by atomic mass is 31.2. The Morgan fingerprint density at radius 1 is 0.525 bits per heavy atom. The Hall–Kier alpha value is -2.84. The molecule has 0 bridgehead atoms. The van der Waals surface area contributed by atoms with Gasteiger partial charge in [-0.15, -0.1) is 0 Å². The lowest BCUT2D eigenvalue weighted by Crippen LogP contribution is -2.37. The minimum atomic E-state index is -4.30. The van der Waals surface area contributed by atoms with E-state index in [4.69, 9.17) is 18.5 Å². The summed E-state index contributed by atoms with van der Waals surface area (Å²) in [7, 11) is 1.60. The molecule has 2 unspecified atom stereocenters. The van der Waals surface area contributed by atoms with Crippen molar-refractivity contribution in [3.63, 3.8) is 0 Å². The highest BCUT2D eigenvalue weighted by Gasteiger charge is 2.26. The van der Waals surface area contributed by atoms with Crippen LogP contribution in [0.3, 0.4) is 0 Å². The van der Waals surface area contributed by atoms with Crippen molar-refractivity contribution in [1.29, 1.82) is 0 Å². The molecule has 0 radical (unpaired) electrons. The molecule has 0 fully saturated rings. The number of carbonyl (C=O) groups is 1. The Labute approximate surface area is 374 Å². The third kappa shape index (κ3) is 48.1. The Morgan fingerprint density at radius 2 is 0.951 bits per heavy atom. The average Bonchev–Trinajstić information content (AvgIpc) is 3.22. The fourth-order valence-electron chi connectivity index (χ4n) is 5.69. The second kappa shape index (κ2) is 43.8. The molecule has 2 atom stereocenters. The van der Waals surface area contributed by atoms with Crippen LogP contribution in [0.25, 0.3) is 0 Å². The minimum Gasteiger partial charge on any atom is -0.457 e. The molecule has 0 rings (SSSR count). The Bertz CT molecular complexity index is 1340. The molecule has 0 saturated carbocycles. The molecule has 61 heavy (non-hydrogen) atoms. The summed E-state index contributed by atoms with van der Waals surface area (Å²) in [6, 6.07) is 0. The van der Waals surface area contributed by atoms with E-state index in [0.29, 0.717) is 24.1 Å². The van der Waals surface area contributed by atoms with Crippen LogP contribution < -0.4 is 0 Å². The first-order valence-electron chi connectivity index (χ1n) is 23.6. The molecule has 0 aliphatic heterocycles. The predicted molar refractivity (Wildman–Crippen MR) is 261 cm³/mol. The molecule has 0 aromatic rings. The third-order valence-electron chi connectivity index (χ3n) is 9.32. The Balaban J connectivity index is 4.37. The van der Waals surface area contributed by atoms with Crippen LogP contribution in [0, 0.1) is 0 Å². The topological polar surface area (TPSA) is 91.3 Å². The van der Waals surface area contributed by atoms with E-state index in [0.717, 1.165) is 83.5 Å². The molecule has 0 saturated heterocycles. The second-order valence-electron chi connectivity index (χ2n) is 16.4. The lowest BCUT2D eigenvalue weighted by Gasteiger charge is -2.24. The maximum atomic E-state index is 12.7. The van der Waals surface area contributed by atoms with E-state index in [-0.39, 0.29) is 32.2 Å². The average molecular weight is 871 g/mol. The highest BCUT2D eigenvalue weighted by Crippen LogP contribution is 2.43. The van der Waals surface area contributed by atoms with Gasteiger partial charge in [0, 0.05) is 13.0 Å². The quantitative estimate of drug-likeness (QED) is 0.0215. The second-order valence-corrected chi connectivity index (χ2v) is 17.9. The van der Waals surface area contributed by atoms with Crippen molar-refractivity contribution in [3.8, 4) is 0 Å². The lowest BCUT2D eigenvalue weighted by atomic mass is 10.1. The molecular weight excluding hydrogens is 782 g/mol. The minimum absolute atomic E-state index is 0.0688. The molecule has 0 spiro atoms. The van der Waals surface area contributed by atoms with E-state index >= 15 is 0 Å². The van der Waals surface area contributed by atoms with E-state index < -0.39 is 13.9 Å². The molecule has 0 aliphatic carbocycles. The van der Waals surface area contributed by atoms with Crippen molar-refractivity contribution < 1.29 is 37.3 Å². The van der Waals surface area contributed by atoms with Crippen LogP contribution >= 0.6 is 7.82 Å². The number of esters is 1. The summed E-state index contributed by atoms with van der Waals surface area (Å²) in [6.45, 7) is 5.35. The zero-order chi connectivity index (χ0) is 44.8. The van der Waals surface area contributed by atoms with Crippen LogP contribution in [0.15, 0.2) is 109 Å². The van der Waals surface area contributed by atoms with Crippen LogP contribution in [-0.2, 0) is 27.9 Å². The number of hydrogen-bond donors (Lipinski definition) is 1. The summed E-state index contributed by atoms with van der Waals surface area (Å²) in [4.78, 5) is 22.9. The first-order valence-corrected chi connectivity index (χ1v) is 25.1. The zero-order valence-electron chi connectivity index (χ0n) is 39.4. The molecule has 0 amide bonds. The van der Waals surface area contributed by atoms with Crippen molar-refractivity contribution >= 4 is 13.8 Å². The Morgan fingerprint density at radius 3 is 1.43 bits per heavy atom. The number of rotatable bonds is 42. The van der Waals surface area contributed by atoms with Gasteiger partial charge in [0.2, 0.25) is 0 Å². The first-order chi connectivity index (χ1) is 29.6. The summed E-state index contributed by atoms with van der Waals surface area (Å²) in [5.41, 5.74) is 0. The predicted octanol–water partition coefficient (Wildman–Crippen LogP) is 14.4. The molecule has 1 N–H and O–H groups in total. The molecule has 9 heteroatoms. The van der Waals surface area contributed by atoms with Gasteiger partial charge in [0.15, 0.2) is 0 Å². The summed E-state index contributed by atoms with van der Waals surface area (Å²) < 4.78 is 35.0. The monoisotopic (exact) mass is 871 g/mol. The van der Waals surface area contributed by atoms with Crippen molar-refractivity contribution in [3.05, 3.63) is 109 Å². The Kier molecular flexibility index (Phi) is 41.8. The molecule has 8 nitrogen and oxygen atoms in total. The summed E-state index contributed by atoms with van der Waals surface area (Å²) >= 11 is 0. The van der Waals surface area contributed by atoms with Gasteiger partial charge in [-0.1, -0.05) is 162 Å². The maximum absolute atomic E-state index is 12.7. The van der Waals surface area contributed by atoms with Gasteiger partial charge in [-0.2, -0.15) is 0 Å². The summed E-state index contributed by atoms with van der Waals surface area (Å²) in [5.74, 6) is -0.380. The lowest BCUT2D eigenvalue weighted by molar-refractivity contribution is -0.870. The van der Waals surface area contributed by atoms with Gasteiger partial charge in [-0.3, -0.25) is 13.8 Å². The van der Waals surface area contributed by atoms with Gasteiger partial charge >= 0.3 is 13.8 Å². The van der Waals surface area contributed by atoms with Gasteiger partial charge in [-0.05, 0) is 96.3 Å². The number of unbranched alkanes of at least 4 members (excludes halogenated alkanes) is 10. The maximum Gasteiger partial charge on any atom is 0.472 e. The van der Waals surface area contributed by atoms with Crippen molar-refractivity contribution in [1.82, 2.24) is 0 Å². The van der Waals surface area contributed by atoms with E-state index in [9.17, 15) is 14.3 Å². The third-order valence-corrected chi connectivity index (χ3v) is 10.3. The smallest absolute Gasteiger partial charge is 0.457 e. The molecule has 0 heterocycles. The summed E-state index contributed by atoms with van der Waals surface area (Å²) in [6.07, 6.45) is 61.3. The number of phosphoric ester groups is 1. The fraction of sp³-hybridized carbons (Fsp3) is 0.635. The van der Waals surface area contributed by atoms with Gasteiger partial charge in [0.1, 0.15) is 19.3 Å². The van der Waals surface area contributed by atoms with E-state index in [1.807, 2.05) is 21.1 Å². The van der Waals surface area contributed by atoms with Crippen molar-refractivity contribution in [2.24, 2.45) is 0 Å². The van der Waals surface area contributed by atoms with Crippen molar-refractivity contribution in [2.75, 3.05) is 54.1 Å². The number of carbonyl (C=O) groups excluding carboxylic acids is 1. The van der Waals surface area contributed by atoms with Gasteiger partial charge in [0.05, 0.1) is 34.4 Å². The number of quaternary nitrogens is 1. The van der Waals surface area contributed by atoms with Crippen LogP contribution in [0.1, 0.15) is 155 Å². The van der Waals surface area contributed by atoms with Gasteiger partial charge in [0.25, 0.3) is 0 Å².